The predicted octanol–water partition coefficient (Wildman–Crippen LogP) is 5.31. The number of amides is 1. The van der Waals surface area contributed by atoms with Gasteiger partial charge in [-0.2, -0.15) is 13.2 Å². The first-order chi connectivity index (χ1) is 14.7. The normalized spacial score (nSPS) is 17.8. The standard InChI is InChI=1S/C24H30F3N3O/c1-17(2)9-13-30-21-8-7-20(18-5-3-6-19(22(18)21)23(30)31)29-12-4-11-28(15-16-29)14-10-24(25,26)27/h3,5-8,17H,4,9-16H2,1-2H3. The SMILES string of the molecule is CC(C)CCN1C(=O)c2cccc3c(N4CCCN(CCC(F)(F)F)CC4)ccc1c23. The van der Waals surface area contributed by atoms with E-state index in [1.54, 1.807) is 0 Å². The highest BCUT2D eigenvalue weighted by molar-refractivity contribution is 6.26. The number of hydrogen-bond donors (Lipinski definition) is 0. The largest absolute Gasteiger partial charge is 0.390 e. The fourth-order valence-corrected chi connectivity index (χ4v) is 4.64. The topological polar surface area (TPSA) is 26.8 Å². The smallest absolute Gasteiger partial charge is 0.370 e. The van der Waals surface area contributed by atoms with E-state index in [9.17, 15) is 18.0 Å². The average Bonchev–Trinajstić information content (AvgIpc) is 2.86. The van der Waals surface area contributed by atoms with Gasteiger partial charge < -0.3 is 14.7 Å². The van der Waals surface area contributed by atoms with Crippen molar-refractivity contribution in [3.8, 4) is 0 Å². The molecule has 0 N–H and O–H groups in total. The van der Waals surface area contributed by atoms with Crippen LogP contribution < -0.4 is 9.80 Å². The number of rotatable bonds is 6. The van der Waals surface area contributed by atoms with E-state index in [0.717, 1.165) is 47.1 Å². The van der Waals surface area contributed by atoms with Crippen LogP contribution in [0.1, 0.15) is 43.5 Å². The minimum atomic E-state index is -4.11. The molecule has 4 nitrogen and oxygen atoms in total. The molecule has 4 rings (SSSR count). The van der Waals surface area contributed by atoms with Crippen LogP contribution in [0.4, 0.5) is 24.5 Å². The summed E-state index contributed by atoms with van der Waals surface area (Å²) < 4.78 is 37.8. The summed E-state index contributed by atoms with van der Waals surface area (Å²) in [6, 6.07) is 10.0. The van der Waals surface area contributed by atoms with Crippen molar-refractivity contribution in [2.45, 2.75) is 39.3 Å². The van der Waals surface area contributed by atoms with Crippen LogP contribution in [0.2, 0.25) is 0 Å². The van der Waals surface area contributed by atoms with Crippen molar-refractivity contribution >= 4 is 28.1 Å². The quantitative estimate of drug-likeness (QED) is 0.618. The molecule has 0 radical (unpaired) electrons. The van der Waals surface area contributed by atoms with E-state index >= 15 is 0 Å². The number of carbonyl (C=O) groups is 1. The molecule has 0 atom stereocenters. The van der Waals surface area contributed by atoms with E-state index in [-0.39, 0.29) is 12.5 Å². The van der Waals surface area contributed by atoms with Gasteiger partial charge in [-0.15, -0.1) is 0 Å². The number of benzene rings is 2. The second-order valence-electron chi connectivity index (χ2n) is 9.02. The number of halogens is 3. The maximum absolute atomic E-state index is 13.0. The van der Waals surface area contributed by atoms with Crippen molar-refractivity contribution in [1.29, 1.82) is 0 Å². The molecule has 1 fully saturated rings. The molecule has 0 spiro atoms. The maximum Gasteiger partial charge on any atom is 0.390 e. The van der Waals surface area contributed by atoms with E-state index in [1.807, 2.05) is 28.0 Å². The van der Waals surface area contributed by atoms with E-state index < -0.39 is 12.6 Å². The molecule has 31 heavy (non-hydrogen) atoms. The molecule has 0 unspecified atom stereocenters. The number of alkyl halides is 3. The summed E-state index contributed by atoms with van der Waals surface area (Å²) in [5.41, 5.74) is 2.79. The Morgan fingerprint density at radius 3 is 2.48 bits per heavy atom. The summed E-state index contributed by atoms with van der Waals surface area (Å²) in [6.45, 7) is 7.84. The van der Waals surface area contributed by atoms with Gasteiger partial charge in [-0.1, -0.05) is 26.0 Å². The summed E-state index contributed by atoms with van der Waals surface area (Å²) in [5.74, 6) is 0.580. The van der Waals surface area contributed by atoms with Gasteiger partial charge in [0.2, 0.25) is 0 Å². The molecule has 2 aliphatic heterocycles. The Labute approximate surface area is 181 Å². The highest BCUT2D eigenvalue weighted by Gasteiger charge is 2.32. The number of hydrogen-bond acceptors (Lipinski definition) is 3. The predicted molar refractivity (Wildman–Crippen MR) is 119 cm³/mol. The minimum Gasteiger partial charge on any atom is -0.370 e. The number of anilines is 2. The van der Waals surface area contributed by atoms with Crippen molar-refractivity contribution < 1.29 is 18.0 Å². The van der Waals surface area contributed by atoms with Gasteiger partial charge in [0.1, 0.15) is 0 Å². The lowest BCUT2D eigenvalue weighted by atomic mass is 10.0. The molecule has 2 aliphatic rings. The summed E-state index contributed by atoms with van der Waals surface area (Å²) in [6.07, 6.45) is -3.11. The molecular formula is C24H30F3N3O. The first-order valence-electron chi connectivity index (χ1n) is 11.2. The van der Waals surface area contributed by atoms with Gasteiger partial charge in [0, 0.05) is 54.7 Å². The van der Waals surface area contributed by atoms with Crippen molar-refractivity contribution in [3.63, 3.8) is 0 Å². The summed E-state index contributed by atoms with van der Waals surface area (Å²) >= 11 is 0. The molecule has 2 aromatic carbocycles. The molecule has 0 aromatic heterocycles. The third-order valence-electron chi connectivity index (χ3n) is 6.33. The zero-order chi connectivity index (χ0) is 22.2. The molecule has 2 heterocycles. The first-order valence-corrected chi connectivity index (χ1v) is 11.2. The molecule has 0 aliphatic carbocycles. The monoisotopic (exact) mass is 433 g/mol. The number of carbonyl (C=O) groups excluding carboxylic acids is 1. The zero-order valence-corrected chi connectivity index (χ0v) is 18.2. The lowest BCUT2D eigenvalue weighted by molar-refractivity contribution is -0.137. The Hall–Kier alpha value is -2.28. The Morgan fingerprint density at radius 2 is 1.74 bits per heavy atom. The Morgan fingerprint density at radius 1 is 0.968 bits per heavy atom. The zero-order valence-electron chi connectivity index (χ0n) is 18.2. The summed E-state index contributed by atoms with van der Waals surface area (Å²) in [7, 11) is 0. The summed E-state index contributed by atoms with van der Waals surface area (Å²) in [4.78, 5) is 19.1. The lowest BCUT2D eigenvalue weighted by Crippen LogP contribution is -2.33. The Bertz CT molecular complexity index is 957. The fraction of sp³-hybridized carbons (Fsp3) is 0.542. The van der Waals surface area contributed by atoms with E-state index in [4.69, 9.17) is 0 Å². The van der Waals surface area contributed by atoms with Gasteiger partial charge in [-0.3, -0.25) is 4.79 Å². The van der Waals surface area contributed by atoms with Gasteiger partial charge >= 0.3 is 6.18 Å². The molecule has 1 saturated heterocycles. The van der Waals surface area contributed by atoms with Gasteiger partial charge in [-0.25, -0.2) is 0 Å². The molecule has 2 aromatic rings. The Balaban J connectivity index is 1.57. The van der Waals surface area contributed by atoms with Crippen molar-refractivity contribution in [2.75, 3.05) is 49.1 Å². The van der Waals surface area contributed by atoms with Gasteiger partial charge in [0.25, 0.3) is 5.91 Å². The highest BCUT2D eigenvalue weighted by Crippen LogP contribution is 2.42. The molecule has 7 heteroatoms. The van der Waals surface area contributed by atoms with Crippen LogP contribution in [0.15, 0.2) is 30.3 Å². The van der Waals surface area contributed by atoms with Gasteiger partial charge in [0.05, 0.1) is 12.1 Å². The van der Waals surface area contributed by atoms with E-state index in [1.165, 1.54) is 0 Å². The second kappa shape index (κ2) is 8.69. The van der Waals surface area contributed by atoms with Crippen molar-refractivity contribution in [2.24, 2.45) is 5.92 Å². The minimum absolute atomic E-state index is 0.0560. The molecule has 168 valence electrons. The third kappa shape index (κ3) is 4.66. The maximum atomic E-state index is 13.0. The highest BCUT2D eigenvalue weighted by atomic mass is 19.4. The average molecular weight is 434 g/mol. The third-order valence-corrected chi connectivity index (χ3v) is 6.33. The van der Waals surface area contributed by atoms with Crippen LogP contribution in [0.25, 0.3) is 10.8 Å². The van der Waals surface area contributed by atoms with E-state index in [0.29, 0.717) is 32.1 Å². The van der Waals surface area contributed by atoms with Crippen LogP contribution in [0, 0.1) is 5.92 Å². The van der Waals surface area contributed by atoms with Crippen molar-refractivity contribution in [1.82, 2.24) is 4.90 Å². The lowest BCUT2D eigenvalue weighted by Gasteiger charge is -2.26. The van der Waals surface area contributed by atoms with Gasteiger partial charge in [-0.05, 0) is 43.5 Å². The number of nitrogens with zero attached hydrogens (tertiary/aromatic N) is 3. The second-order valence-corrected chi connectivity index (χ2v) is 9.02. The molecule has 0 saturated carbocycles. The van der Waals surface area contributed by atoms with Crippen LogP contribution in [-0.2, 0) is 0 Å². The van der Waals surface area contributed by atoms with Gasteiger partial charge in [0.15, 0.2) is 0 Å². The molecule has 1 amide bonds. The molecular weight excluding hydrogens is 403 g/mol. The van der Waals surface area contributed by atoms with E-state index in [2.05, 4.69) is 30.9 Å². The van der Waals surface area contributed by atoms with Crippen molar-refractivity contribution in [3.05, 3.63) is 35.9 Å². The van der Waals surface area contributed by atoms with Crippen LogP contribution in [0.5, 0.6) is 0 Å². The Kier molecular flexibility index (Phi) is 6.15. The fourth-order valence-electron chi connectivity index (χ4n) is 4.64. The summed E-state index contributed by atoms with van der Waals surface area (Å²) in [5, 5.41) is 2.06. The van der Waals surface area contributed by atoms with Crippen LogP contribution >= 0.6 is 0 Å². The van der Waals surface area contributed by atoms with Crippen LogP contribution in [0.3, 0.4) is 0 Å². The van der Waals surface area contributed by atoms with Crippen LogP contribution in [-0.4, -0.2) is 56.3 Å². The molecule has 0 bridgehead atoms. The first kappa shape index (κ1) is 21.9.